The van der Waals surface area contributed by atoms with Crippen LogP contribution < -0.4 is 4.74 Å². The van der Waals surface area contributed by atoms with Crippen molar-refractivity contribution in [1.82, 2.24) is 0 Å². The molecule has 0 amide bonds. The fourth-order valence-electron chi connectivity index (χ4n) is 1.90. The van der Waals surface area contributed by atoms with Gasteiger partial charge >= 0.3 is 0 Å². The third-order valence-corrected chi connectivity index (χ3v) is 3.07. The SMILES string of the molecule is CCC(O)c1ccccc1OCC(O)COC(C)COC. The molecule has 0 aliphatic carbocycles. The smallest absolute Gasteiger partial charge is 0.125 e. The molecule has 5 nitrogen and oxygen atoms in total. The van der Waals surface area contributed by atoms with Crippen LogP contribution >= 0.6 is 0 Å². The Balaban J connectivity index is 2.44. The van der Waals surface area contributed by atoms with Gasteiger partial charge in [-0.05, 0) is 19.4 Å². The third-order valence-electron chi connectivity index (χ3n) is 3.07. The number of rotatable bonds is 10. The maximum atomic E-state index is 9.93. The lowest BCUT2D eigenvalue weighted by Gasteiger charge is -2.18. The first-order valence-electron chi connectivity index (χ1n) is 7.26. The van der Waals surface area contributed by atoms with E-state index in [-0.39, 0.29) is 19.3 Å². The van der Waals surface area contributed by atoms with Crippen molar-refractivity contribution in [2.24, 2.45) is 0 Å². The van der Waals surface area contributed by atoms with Crippen molar-refractivity contribution in [3.05, 3.63) is 29.8 Å². The van der Waals surface area contributed by atoms with E-state index in [0.29, 0.717) is 18.8 Å². The van der Waals surface area contributed by atoms with E-state index < -0.39 is 12.2 Å². The number of ether oxygens (including phenoxy) is 3. The summed E-state index contributed by atoms with van der Waals surface area (Å²) in [7, 11) is 1.61. The number of hydrogen-bond donors (Lipinski definition) is 2. The highest BCUT2D eigenvalue weighted by atomic mass is 16.5. The molecule has 0 spiro atoms. The molecule has 2 N–H and O–H groups in total. The predicted molar refractivity (Wildman–Crippen MR) is 80.5 cm³/mol. The maximum absolute atomic E-state index is 9.93. The van der Waals surface area contributed by atoms with Crippen LogP contribution in [0.2, 0.25) is 0 Å². The van der Waals surface area contributed by atoms with E-state index in [1.165, 1.54) is 0 Å². The lowest BCUT2D eigenvalue weighted by Crippen LogP contribution is -2.27. The van der Waals surface area contributed by atoms with Gasteiger partial charge in [0.15, 0.2) is 0 Å². The van der Waals surface area contributed by atoms with E-state index in [9.17, 15) is 10.2 Å². The molecule has 0 aromatic heterocycles. The summed E-state index contributed by atoms with van der Waals surface area (Å²) in [4.78, 5) is 0. The van der Waals surface area contributed by atoms with E-state index in [2.05, 4.69) is 0 Å². The van der Waals surface area contributed by atoms with Crippen molar-refractivity contribution >= 4 is 0 Å². The number of hydrogen-bond acceptors (Lipinski definition) is 5. The molecule has 3 unspecified atom stereocenters. The Labute approximate surface area is 126 Å². The molecule has 1 aromatic carbocycles. The van der Waals surface area contributed by atoms with Gasteiger partial charge in [0.25, 0.3) is 0 Å². The quantitative estimate of drug-likeness (QED) is 0.691. The summed E-state index contributed by atoms with van der Waals surface area (Å²) in [5.41, 5.74) is 0.737. The molecular weight excluding hydrogens is 272 g/mol. The summed E-state index contributed by atoms with van der Waals surface area (Å²) in [6, 6.07) is 7.31. The molecule has 3 atom stereocenters. The van der Waals surface area contributed by atoms with Crippen LogP contribution in [-0.2, 0) is 9.47 Å². The number of aliphatic hydroxyl groups is 2. The van der Waals surface area contributed by atoms with Crippen LogP contribution in [0.4, 0.5) is 0 Å². The highest BCUT2D eigenvalue weighted by molar-refractivity contribution is 5.35. The average Bonchev–Trinajstić information content (AvgIpc) is 2.50. The van der Waals surface area contributed by atoms with Gasteiger partial charge in [0.05, 0.1) is 25.4 Å². The summed E-state index contributed by atoms with van der Waals surface area (Å²) in [6.45, 7) is 4.57. The maximum Gasteiger partial charge on any atom is 0.125 e. The molecule has 0 radical (unpaired) electrons. The fraction of sp³-hybridized carbons (Fsp3) is 0.625. The topological polar surface area (TPSA) is 68.2 Å². The Bertz CT molecular complexity index is 396. The zero-order valence-electron chi connectivity index (χ0n) is 13.0. The minimum atomic E-state index is -0.726. The number of para-hydroxylation sites is 1. The first-order chi connectivity index (χ1) is 10.1. The van der Waals surface area contributed by atoms with E-state index in [1.807, 2.05) is 32.0 Å². The van der Waals surface area contributed by atoms with Crippen LogP contribution in [0.15, 0.2) is 24.3 Å². The minimum absolute atomic E-state index is 0.0705. The van der Waals surface area contributed by atoms with Crippen LogP contribution in [0.25, 0.3) is 0 Å². The Morgan fingerprint density at radius 2 is 1.81 bits per heavy atom. The van der Waals surface area contributed by atoms with Crippen LogP contribution in [-0.4, -0.2) is 49.4 Å². The molecule has 0 saturated carbocycles. The van der Waals surface area contributed by atoms with Gasteiger partial charge < -0.3 is 24.4 Å². The molecular formula is C16H26O5. The van der Waals surface area contributed by atoms with Crippen molar-refractivity contribution in [3.63, 3.8) is 0 Å². The first kappa shape index (κ1) is 17.9. The lowest BCUT2D eigenvalue weighted by atomic mass is 10.1. The van der Waals surface area contributed by atoms with Crippen molar-refractivity contribution in [2.75, 3.05) is 26.9 Å². The summed E-state index contributed by atoms with van der Waals surface area (Å²) in [5, 5.41) is 19.8. The average molecular weight is 298 g/mol. The van der Waals surface area contributed by atoms with Gasteiger partial charge in [0.1, 0.15) is 18.5 Å². The molecule has 1 aromatic rings. The second kappa shape index (κ2) is 9.73. The van der Waals surface area contributed by atoms with Crippen molar-refractivity contribution < 1.29 is 24.4 Å². The third kappa shape index (κ3) is 6.44. The predicted octanol–water partition coefficient (Wildman–Crippen LogP) is 1.92. The molecule has 21 heavy (non-hydrogen) atoms. The second-order valence-electron chi connectivity index (χ2n) is 5.03. The first-order valence-corrected chi connectivity index (χ1v) is 7.26. The summed E-state index contributed by atoms with van der Waals surface area (Å²) < 4.78 is 16.0. The van der Waals surface area contributed by atoms with Crippen molar-refractivity contribution in [1.29, 1.82) is 0 Å². The molecule has 0 saturated heterocycles. The van der Waals surface area contributed by atoms with E-state index in [4.69, 9.17) is 14.2 Å². The van der Waals surface area contributed by atoms with Gasteiger partial charge in [-0.3, -0.25) is 0 Å². The van der Waals surface area contributed by atoms with Crippen LogP contribution in [0.5, 0.6) is 5.75 Å². The highest BCUT2D eigenvalue weighted by Gasteiger charge is 2.13. The summed E-state index contributed by atoms with van der Waals surface area (Å²) in [5.74, 6) is 0.593. The van der Waals surface area contributed by atoms with Gasteiger partial charge in [-0.1, -0.05) is 25.1 Å². The second-order valence-corrected chi connectivity index (χ2v) is 5.03. The molecule has 0 heterocycles. The van der Waals surface area contributed by atoms with Crippen LogP contribution in [0.3, 0.4) is 0 Å². The number of methoxy groups -OCH3 is 1. The monoisotopic (exact) mass is 298 g/mol. The fourth-order valence-corrected chi connectivity index (χ4v) is 1.90. The van der Waals surface area contributed by atoms with Gasteiger partial charge in [-0.25, -0.2) is 0 Å². The van der Waals surface area contributed by atoms with Crippen molar-refractivity contribution in [2.45, 2.75) is 38.6 Å². The van der Waals surface area contributed by atoms with Crippen LogP contribution in [0, 0.1) is 0 Å². The lowest BCUT2D eigenvalue weighted by molar-refractivity contribution is -0.0425. The molecule has 5 heteroatoms. The minimum Gasteiger partial charge on any atom is -0.490 e. The zero-order chi connectivity index (χ0) is 15.7. The Morgan fingerprint density at radius 1 is 1.10 bits per heavy atom. The Kier molecular flexibility index (Phi) is 8.30. The van der Waals surface area contributed by atoms with Crippen LogP contribution in [0.1, 0.15) is 31.9 Å². The van der Waals surface area contributed by atoms with Crippen molar-refractivity contribution in [3.8, 4) is 5.75 Å². The molecule has 120 valence electrons. The molecule has 0 fully saturated rings. The van der Waals surface area contributed by atoms with Gasteiger partial charge in [0.2, 0.25) is 0 Å². The van der Waals surface area contributed by atoms with E-state index in [0.717, 1.165) is 5.56 Å². The Morgan fingerprint density at radius 3 is 2.48 bits per heavy atom. The molecule has 0 aliphatic heterocycles. The van der Waals surface area contributed by atoms with Gasteiger partial charge in [0, 0.05) is 12.7 Å². The highest BCUT2D eigenvalue weighted by Crippen LogP contribution is 2.26. The normalized spacial score (nSPS) is 15.5. The largest absolute Gasteiger partial charge is 0.490 e. The standard InChI is InChI=1S/C16H26O5/c1-4-15(18)14-7-5-6-8-16(14)21-11-13(17)10-20-12(2)9-19-3/h5-8,12-13,15,17-18H,4,9-11H2,1-3H3. The molecule has 0 bridgehead atoms. The van der Waals surface area contributed by atoms with Gasteiger partial charge in [-0.15, -0.1) is 0 Å². The number of aliphatic hydroxyl groups excluding tert-OH is 2. The van der Waals surface area contributed by atoms with E-state index >= 15 is 0 Å². The molecule has 0 aliphatic rings. The molecule has 1 rings (SSSR count). The van der Waals surface area contributed by atoms with Gasteiger partial charge in [-0.2, -0.15) is 0 Å². The summed E-state index contributed by atoms with van der Waals surface area (Å²) in [6.07, 6.45) is -0.744. The zero-order valence-corrected chi connectivity index (χ0v) is 13.0. The number of benzene rings is 1. The summed E-state index contributed by atoms with van der Waals surface area (Å²) >= 11 is 0. The Hall–Kier alpha value is -1.14. The van der Waals surface area contributed by atoms with E-state index in [1.54, 1.807) is 13.2 Å².